The number of aliphatic hydroxyl groups is 2. The highest BCUT2D eigenvalue weighted by Crippen LogP contribution is 2.35. The third-order valence-corrected chi connectivity index (χ3v) is 2.45. The van der Waals surface area contributed by atoms with Gasteiger partial charge in [0.1, 0.15) is 12.2 Å². The maximum Gasteiger partial charge on any atom is 0.162 e. The molecule has 1 saturated heterocycles. The number of hydrogen-bond donors (Lipinski definition) is 2. The maximum absolute atomic E-state index is 13.6. The summed E-state index contributed by atoms with van der Waals surface area (Å²) in [6.45, 7) is 2.76. The first-order valence-corrected chi connectivity index (χ1v) is 4.17. The van der Waals surface area contributed by atoms with E-state index in [1.807, 2.05) is 0 Å². The van der Waals surface area contributed by atoms with Crippen molar-refractivity contribution in [2.75, 3.05) is 6.61 Å². The van der Waals surface area contributed by atoms with Gasteiger partial charge >= 0.3 is 0 Å². The van der Waals surface area contributed by atoms with E-state index in [1.54, 1.807) is 6.92 Å². The lowest BCUT2D eigenvalue weighted by Gasteiger charge is -2.22. The Bertz CT molecular complexity index is 156. The SMILES string of the molecule is CC[C@@H]1OC(CO)C(O)C1(C)F. The molecular weight excluding hydrogens is 163 g/mol. The van der Waals surface area contributed by atoms with Crippen LogP contribution in [-0.4, -0.2) is 40.8 Å². The summed E-state index contributed by atoms with van der Waals surface area (Å²) in [5.41, 5.74) is -1.73. The fraction of sp³-hybridized carbons (Fsp3) is 1.00. The molecule has 72 valence electrons. The van der Waals surface area contributed by atoms with Gasteiger partial charge in [-0.2, -0.15) is 0 Å². The van der Waals surface area contributed by atoms with Gasteiger partial charge < -0.3 is 14.9 Å². The van der Waals surface area contributed by atoms with Crippen molar-refractivity contribution in [3.63, 3.8) is 0 Å². The summed E-state index contributed by atoms with van der Waals surface area (Å²) >= 11 is 0. The second-order valence-electron chi connectivity index (χ2n) is 3.35. The molecule has 0 aromatic heterocycles. The van der Waals surface area contributed by atoms with Crippen LogP contribution < -0.4 is 0 Å². The van der Waals surface area contributed by atoms with E-state index in [1.165, 1.54) is 6.92 Å². The number of alkyl halides is 1. The van der Waals surface area contributed by atoms with Crippen molar-refractivity contribution < 1.29 is 19.3 Å². The third-order valence-electron chi connectivity index (χ3n) is 2.45. The first kappa shape index (κ1) is 9.89. The normalized spacial score (nSPS) is 48.2. The summed E-state index contributed by atoms with van der Waals surface area (Å²) in [5, 5.41) is 18.1. The zero-order valence-corrected chi connectivity index (χ0v) is 7.33. The Kier molecular flexibility index (Phi) is 2.70. The molecular formula is C8H15FO3. The fourth-order valence-electron chi connectivity index (χ4n) is 1.61. The van der Waals surface area contributed by atoms with Crippen molar-refractivity contribution in [2.45, 2.75) is 44.2 Å². The Labute approximate surface area is 71.2 Å². The van der Waals surface area contributed by atoms with Crippen molar-refractivity contribution in [3.8, 4) is 0 Å². The first-order chi connectivity index (χ1) is 5.54. The van der Waals surface area contributed by atoms with E-state index in [2.05, 4.69) is 0 Å². The van der Waals surface area contributed by atoms with Crippen LogP contribution in [0.15, 0.2) is 0 Å². The number of ether oxygens (including phenoxy) is 1. The maximum atomic E-state index is 13.6. The minimum atomic E-state index is -1.73. The molecule has 0 aliphatic carbocycles. The molecule has 4 atom stereocenters. The molecule has 0 aromatic rings. The van der Waals surface area contributed by atoms with E-state index in [0.717, 1.165) is 0 Å². The van der Waals surface area contributed by atoms with Crippen molar-refractivity contribution in [1.82, 2.24) is 0 Å². The van der Waals surface area contributed by atoms with Crippen molar-refractivity contribution >= 4 is 0 Å². The smallest absolute Gasteiger partial charge is 0.162 e. The van der Waals surface area contributed by atoms with E-state index in [-0.39, 0.29) is 6.61 Å². The van der Waals surface area contributed by atoms with Crippen LogP contribution in [0.1, 0.15) is 20.3 Å². The molecule has 1 fully saturated rings. The molecule has 1 rings (SSSR count). The van der Waals surface area contributed by atoms with Gasteiger partial charge in [-0.25, -0.2) is 4.39 Å². The Morgan fingerprint density at radius 2 is 2.17 bits per heavy atom. The molecule has 3 unspecified atom stereocenters. The number of aliphatic hydroxyl groups excluding tert-OH is 2. The lowest BCUT2D eigenvalue weighted by atomic mass is 9.94. The van der Waals surface area contributed by atoms with Crippen LogP contribution in [0.25, 0.3) is 0 Å². The van der Waals surface area contributed by atoms with Gasteiger partial charge in [-0.3, -0.25) is 0 Å². The van der Waals surface area contributed by atoms with Crippen LogP contribution >= 0.6 is 0 Å². The number of rotatable bonds is 2. The molecule has 1 aliphatic heterocycles. The highest BCUT2D eigenvalue weighted by Gasteiger charge is 2.52. The lowest BCUT2D eigenvalue weighted by Crippen LogP contribution is -2.41. The van der Waals surface area contributed by atoms with Gasteiger partial charge in [0.25, 0.3) is 0 Å². The number of hydrogen-bond acceptors (Lipinski definition) is 3. The highest BCUT2D eigenvalue weighted by atomic mass is 19.1. The van der Waals surface area contributed by atoms with E-state index in [0.29, 0.717) is 6.42 Å². The van der Waals surface area contributed by atoms with Gasteiger partial charge in [0.05, 0.1) is 12.7 Å². The Morgan fingerprint density at radius 3 is 2.42 bits per heavy atom. The molecule has 0 amide bonds. The quantitative estimate of drug-likeness (QED) is 0.637. The Morgan fingerprint density at radius 1 is 1.58 bits per heavy atom. The average molecular weight is 178 g/mol. The Balaban J connectivity index is 2.73. The molecule has 4 heteroatoms. The molecule has 2 N–H and O–H groups in total. The van der Waals surface area contributed by atoms with Gasteiger partial charge in [-0.1, -0.05) is 6.92 Å². The monoisotopic (exact) mass is 178 g/mol. The molecule has 0 saturated carbocycles. The van der Waals surface area contributed by atoms with Gasteiger partial charge in [-0.15, -0.1) is 0 Å². The van der Waals surface area contributed by atoms with Crippen LogP contribution in [-0.2, 0) is 4.74 Å². The predicted molar refractivity (Wildman–Crippen MR) is 41.6 cm³/mol. The van der Waals surface area contributed by atoms with Crippen LogP contribution in [0, 0.1) is 0 Å². The average Bonchev–Trinajstić information content (AvgIpc) is 2.25. The molecule has 0 bridgehead atoms. The topological polar surface area (TPSA) is 49.7 Å². The van der Waals surface area contributed by atoms with Gasteiger partial charge in [0.15, 0.2) is 5.67 Å². The Hall–Kier alpha value is -0.190. The van der Waals surface area contributed by atoms with Crippen LogP contribution in [0.2, 0.25) is 0 Å². The van der Waals surface area contributed by atoms with Gasteiger partial charge in [0, 0.05) is 0 Å². The molecule has 0 aromatic carbocycles. The zero-order valence-electron chi connectivity index (χ0n) is 7.33. The van der Waals surface area contributed by atoms with Gasteiger partial charge in [0.2, 0.25) is 0 Å². The van der Waals surface area contributed by atoms with E-state index < -0.39 is 24.0 Å². The standard InChI is InChI=1S/C8H15FO3/c1-3-6-8(2,9)7(11)5(4-10)12-6/h5-7,10-11H,3-4H2,1-2H3/t5?,6-,7?,8?/m0/s1. The van der Waals surface area contributed by atoms with Crippen LogP contribution in [0.3, 0.4) is 0 Å². The summed E-state index contributed by atoms with van der Waals surface area (Å²) in [5.74, 6) is 0. The zero-order chi connectivity index (χ0) is 9.35. The van der Waals surface area contributed by atoms with E-state index in [4.69, 9.17) is 9.84 Å². The lowest BCUT2D eigenvalue weighted by molar-refractivity contribution is -0.0228. The van der Waals surface area contributed by atoms with E-state index in [9.17, 15) is 9.50 Å². The van der Waals surface area contributed by atoms with E-state index >= 15 is 0 Å². The molecule has 1 heterocycles. The van der Waals surface area contributed by atoms with Crippen molar-refractivity contribution in [3.05, 3.63) is 0 Å². The largest absolute Gasteiger partial charge is 0.394 e. The molecule has 0 spiro atoms. The van der Waals surface area contributed by atoms with Crippen LogP contribution in [0.5, 0.6) is 0 Å². The highest BCUT2D eigenvalue weighted by molar-refractivity contribution is 5.00. The number of halogens is 1. The van der Waals surface area contributed by atoms with Crippen molar-refractivity contribution in [1.29, 1.82) is 0 Å². The second-order valence-corrected chi connectivity index (χ2v) is 3.35. The summed E-state index contributed by atoms with van der Waals surface area (Å²) < 4.78 is 18.7. The van der Waals surface area contributed by atoms with Crippen LogP contribution in [0.4, 0.5) is 4.39 Å². The summed E-state index contributed by atoms with van der Waals surface area (Å²) in [6.07, 6.45) is -2.09. The summed E-state index contributed by atoms with van der Waals surface area (Å²) in [6, 6.07) is 0. The first-order valence-electron chi connectivity index (χ1n) is 4.17. The minimum Gasteiger partial charge on any atom is -0.394 e. The fourth-order valence-corrected chi connectivity index (χ4v) is 1.61. The predicted octanol–water partition coefficient (Wildman–Crippen LogP) is 0.245. The molecule has 1 aliphatic rings. The second kappa shape index (κ2) is 3.28. The van der Waals surface area contributed by atoms with Gasteiger partial charge in [-0.05, 0) is 13.3 Å². The summed E-state index contributed by atoms with van der Waals surface area (Å²) in [7, 11) is 0. The molecule has 0 radical (unpaired) electrons. The molecule has 3 nitrogen and oxygen atoms in total. The molecule has 12 heavy (non-hydrogen) atoms. The third kappa shape index (κ3) is 1.34. The van der Waals surface area contributed by atoms with Crippen molar-refractivity contribution in [2.24, 2.45) is 0 Å². The summed E-state index contributed by atoms with van der Waals surface area (Å²) in [4.78, 5) is 0. The minimum absolute atomic E-state index is 0.336.